The third-order valence-electron chi connectivity index (χ3n) is 3.65. The molecule has 0 bridgehead atoms. The van der Waals surface area contributed by atoms with E-state index in [-0.39, 0.29) is 0 Å². The van der Waals surface area contributed by atoms with Gasteiger partial charge in [0.05, 0.1) is 0 Å². The molecule has 1 aliphatic carbocycles. The maximum atomic E-state index is 11.3. The van der Waals surface area contributed by atoms with Crippen LogP contribution in [0.15, 0.2) is 24.4 Å². The van der Waals surface area contributed by atoms with E-state index in [1.54, 1.807) is 0 Å². The Kier molecular flexibility index (Phi) is 2.03. The molecule has 1 unspecified atom stereocenters. The minimum absolute atomic E-state index is 0.393. The summed E-state index contributed by atoms with van der Waals surface area (Å²) in [6.07, 6.45) is 3.54. The van der Waals surface area contributed by atoms with E-state index in [0.717, 1.165) is 16.5 Å². The van der Waals surface area contributed by atoms with Crippen LogP contribution in [0.25, 0.3) is 10.9 Å². The number of carboxylic acid groups (broad SMARTS) is 1. The highest BCUT2D eigenvalue weighted by molar-refractivity contribution is 5.89. The number of hydrogen-bond donors (Lipinski definition) is 3. The fourth-order valence-corrected chi connectivity index (χ4v) is 2.65. The summed E-state index contributed by atoms with van der Waals surface area (Å²) in [6.45, 7) is 0. The molecule has 0 saturated heterocycles. The average molecular weight is 230 g/mol. The monoisotopic (exact) mass is 230 g/mol. The summed E-state index contributed by atoms with van der Waals surface area (Å²) in [5.41, 5.74) is 8.13. The number of aryl methyl sites for hydroxylation is 1. The predicted molar refractivity (Wildman–Crippen MR) is 64.9 cm³/mol. The molecule has 4 nitrogen and oxygen atoms in total. The summed E-state index contributed by atoms with van der Waals surface area (Å²) in [5.74, 6) is -0.913. The van der Waals surface area contributed by atoms with E-state index in [1.807, 2.05) is 24.4 Å². The zero-order chi connectivity index (χ0) is 12.0. The third kappa shape index (κ3) is 1.45. The number of carboxylic acids is 1. The van der Waals surface area contributed by atoms with E-state index < -0.39 is 11.5 Å². The van der Waals surface area contributed by atoms with Crippen molar-refractivity contribution in [2.24, 2.45) is 5.73 Å². The smallest absolute Gasteiger partial charge is 0.324 e. The summed E-state index contributed by atoms with van der Waals surface area (Å²) in [4.78, 5) is 14.5. The summed E-state index contributed by atoms with van der Waals surface area (Å²) < 4.78 is 0. The number of benzene rings is 1. The van der Waals surface area contributed by atoms with Crippen molar-refractivity contribution in [3.8, 4) is 0 Å². The highest BCUT2D eigenvalue weighted by Crippen LogP contribution is 2.31. The fraction of sp³-hybridized carbons (Fsp3) is 0.308. The Balaban J connectivity index is 2.20. The van der Waals surface area contributed by atoms with Crippen molar-refractivity contribution in [1.82, 2.24) is 4.98 Å². The molecule has 0 spiro atoms. The Hall–Kier alpha value is -1.81. The normalized spacial score (nSPS) is 23.6. The lowest BCUT2D eigenvalue weighted by Crippen LogP contribution is -2.49. The van der Waals surface area contributed by atoms with Gasteiger partial charge in [-0.3, -0.25) is 4.79 Å². The van der Waals surface area contributed by atoms with Crippen molar-refractivity contribution in [2.45, 2.75) is 24.8 Å². The van der Waals surface area contributed by atoms with E-state index in [4.69, 9.17) is 5.73 Å². The van der Waals surface area contributed by atoms with Gasteiger partial charge in [-0.25, -0.2) is 0 Å². The molecule has 0 radical (unpaired) electrons. The maximum absolute atomic E-state index is 11.3. The van der Waals surface area contributed by atoms with Crippen LogP contribution in [0.3, 0.4) is 0 Å². The van der Waals surface area contributed by atoms with Gasteiger partial charge in [-0.1, -0.05) is 12.1 Å². The van der Waals surface area contributed by atoms with Gasteiger partial charge in [0.15, 0.2) is 0 Å². The lowest BCUT2D eigenvalue weighted by Gasteiger charge is -2.22. The number of hydrogen-bond acceptors (Lipinski definition) is 2. The number of rotatable bonds is 1. The van der Waals surface area contributed by atoms with Gasteiger partial charge >= 0.3 is 5.97 Å². The van der Waals surface area contributed by atoms with Gasteiger partial charge in [0.1, 0.15) is 5.54 Å². The van der Waals surface area contributed by atoms with Crippen molar-refractivity contribution in [2.75, 3.05) is 0 Å². The van der Waals surface area contributed by atoms with Gasteiger partial charge < -0.3 is 15.8 Å². The molecule has 3 rings (SSSR count). The summed E-state index contributed by atoms with van der Waals surface area (Å²) in [6, 6.07) is 5.91. The molecule has 1 aromatic heterocycles. The molecule has 0 fully saturated rings. The van der Waals surface area contributed by atoms with Gasteiger partial charge in [0, 0.05) is 23.5 Å². The minimum atomic E-state index is -1.14. The van der Waals surface area contributed by atoms with Crippen LogP contribution in [0.2, 0.25) is 0 Å². The first-order chi connectivity index (χ1) is 8.10. The van der Waals surface area contributed by atoms with Crippen LogP contribution in [-0.2, 0) is 17.6 Å². The van der Waals surface area contributed by atoms with Crippen LogP contribution in [0.5, 0.6) is 0 Å². The van der Waals surface area contributed by atoms with Crippen LogP contribution >= 0.6 is 0 Å². The van der Waals surface area contributed by atoms with Gasteiger partial charge in [-0.2, -0.15) is 0 Å². The lowest BCUT2D eigenvalue weighted by atomic mass is 9.89. The minimum Gasteiger partial charge on any atom is -0.480 e. The molecular formula is C13H14N2O2. The number of carbonyl (C=O) groups is 1. The largest absolute Gasteiger partial charge is 0.480 e. The summed E-state index contributed by atoms with van der Waals surface area (Å²) in [7, 11) is 0. The van der Waals surface area contributed by atoms with Gasteiger partial charge in [0.2, 0.25) is 0 Å². The summed E-state index contributed by atoms with van der Waals surface area (Å²) in [5, 5.41) is 10.4. The second kappa shape index (κ2) is 3.34. The third-order valence-corrected chi connectivity index (χ3v) is 3.65. The van der Waals surface area contributed by atoms with Crippen LogP contribution in [0, 0.1) is 0 Å². The Morgan fingerprint density at radius 3 is 3.00 bits per heavy atom. The van der Waals surface area contributed by atoms with Crippen molar-refractivity contribution in [1.29, 1.82) is 0 Å². The number of aromatic amines is 1. The van der Waals surface area contributed by atoms with E-state index in [9.17, 15) is 9.90 Å². The molecular weight excluding hydrogens is 216 g/mol. The van der Waals surface area contributed by atoms with Crippen molar-refractivity contribution in [3.63, 3.8) is 0 Å². The van der Waals surface area contributed by atoms with E-state index in [1.165, 1.54) is 5.56 Å². The van der Waals surface area contributed by atoms with Crippen molar-refractivity contribution < 1.29 is 9.90 Å². The van der Waals surface area contributed by atoms with E-state index in [2.05, 4.69) is 4.98 Å². The SMILES string of the molecule is NC1(C(=O)O)CCc2c[nH]c3cccc(c23)C1. The van der Waals surface area contributed by atoms with E-state index >= 15 is 0 Å². The predicted octanol–water partition coefficient (Wildman–Crippen LogP) is 1.44. The number of nitrogens with two attached hydrogens (primary N) is 1. The first kappa shape index (κ1) is 10.4. The second-order valence-electron chi connectivity index (χ2n) is 4.79. The van der Waals surface area contributed by atoms with E-state index in [0.29, 0.717) is 19.3 Å². The Bertz CT molecular complexity index is 602. The zero-order valence-electron chi connectivity index (χ0n) is 9.36. The average Bonchev–Trinajstić information content (AvgIpc) is 2.63. The Morgan fingerprint density at radius 1 is 1.41 bits per heavy atom. The molecule has 17 heavy (non-hydrogen) atoms. The Morgan fingerprint density at radius 2 is 2.24 bits per heavy atom. The molecule has 0 amide bonds. The number of aromatic nitrogens is 1. The van der Waals surface area contributed by atoms with Crippen LogP contribution in [0.1, 0.15) is 17.5 Å². The molecule has 1 heterocycles. The standard InChI is InChI=1S/C13H14N2O2/c14-13(12(16)17)5-4-9-7-15-10-3-1-2-8(6-13)11(9)10/h1-3,7,15H,4-6,14H2,(H,16,17). The topological polar surface area (TPSA) is 79.1 Å². The Labute approximate surface area is 98.4 Å². The van der Waals surface area contributed by atoms with Crippen LogP contribution in [0.4, 0.5) is 0 Å². The fourth-order valence-electron chi connectivity index (χ4n) is 2.65. The second-order valence-corrected chi connectivity index (χ2v) is 4.79. The molecule has 1 aliphatic rings. The molecule has 2 aromatic rings. The van der Waals surface area contributed by atoms with Gasteiger partial charge in [0.25, 0.3) is 0 Å². The highest BCUT2D eigenvalue weighted by Gasteiger charge is 2.36. The first-order valence-corrected chi connectivity index (χ1v) is 5.70. The number of nitrogens with one attached hydrogen (secondary N) is 1. The number of H-pyrrole nitrogens is 1. The molecule has 4 N–H and O–H groups in total. The quantitative estimate of drug-likeness (QED) is 0.693. The molecule has 0 saturated carbocycles. The maximum Gasteiger partial charge on any atom is 0.324 e. The van der Waals surface area contributed by atoms with Crippen molar-refractivity contribution in [3.05, 3.63) is 35.5 Å². The van der Waals surface area contributed by atoms with Crippen LogP contribution < -0.4 is 5.73 Å². The molecule has 1 aromatic carbocycles. The van der Waals surface area contributed by atoms with Crippen molar-refractivity contribution >= 4 is 16.9 Å². The molecule has 1 atom stereocenters. The molecule has 88 valence electrons. The number of aliphatic carboxylic acids is 1. The highest BCUT2D eigenvalue weighted by atomic mass is 16.4. The van der Waals surface area contributed by atoms with Gasteiger partial charge in [-0.15, -0.1) is 0 Å². The zero-order valence-corrected chi connectivity index (χ0v) is 9.36. The lowest BCUT2D eigenvalue weighted by molar-refractivity contribution is -0.143. The van der Waals surface area contributed by atoms with Gasteiger partial charge in [-0.05, 0) is 30.0 Å². The molecule has 4 heteroatoms. The molecule has 0 aliphatic heterocycles. The van der Waals surface area contributed by atoms with Crippen LogP contribution in [-0.4, -0.2) is 21.6 Å². The first-order valence-electron chi connectivity index (χ1n) is 5.70. The summed E-state index contributed by atoms with van der Waals surface area (Å²) >= 11 is 0.